The molecule has 3 aromatic rings. The van der Waals surface area contributed by atoms with Gasteiger partial charge in [-0.2, -0.15) is 18.3 Å². The normalized spacial score (nSPS) is 11.8. The second-order valence-corrected chi connectivity index (χ2v) is 8.45. The van der Waals surface area contributed by atoms with E-state index in [-0.39, 0.29) is 34.3 Å². The van der Waals surface area contributed by atoms with Crippen molar-refractivity contribution in [1.82, 2.24) is 19.7 Å². The molecule has 0 fully saturated rings. The summed E-state index contributed by atoms with van der Waals surface area (Å²) in [6, 6.07) is 2.47. The number of carboxylic acid groups (broad SMARTS) is 1. The molecular weight excluding hydrogens is 489 g/mol. The van der Waals surface area contributed by atoms with Gasteiger partial charge in [-0.15, -0.1) is 0 Å². The summed E-state index contributed by atoms with van der Waals surface area (Å²) >= 11 is 0. The van der Waals surface area contributed by atoms with Crippen LogP contribution in [0.1, 0.15) is 41.7 Å². The van der Waals surface area contributed by atoms with Crippen LogP contribution in [0, 0.1) is 0 Å². The number of hydrogen-bond donors (Lipinski definition) is 2. The number of carbonyl (C=O) groups is 3. The van der Waals surface area contributed by atoms with Crippen molar-refractivity contribution in [3.05, 3.63) is 42.2 Å². The highest BCUT2D eigenvalue weighted by molar-refractivity contribution is 6.06. The first kappa shape index (κ1) is 26.2. The monoisotopic (exact) mass is 510 g/mol. The van der Waals surface area contributed by atoms with Crippen molar-refractivity contribution in [2.24, 2.45) is 7.05 Å². The number of aromatic carboxylic acids is 1. The number of amides is 2. The van der Waals surface area contributed by atoms with Gasteiger partial charge in [-0.05, 0) is 32.9 Å². The largest absolute Gasteiger partial charge is 0.476 e. The number of anilines is 2. The number of nitrogens with zero attached hydrogens (tertiary/aromatic N) is 5. The lowest BCUT2D eigenvalue weighted by Gasteiger charge is -2.27. The molecule has 192 valence electrons. The molecule has 0 saturated carbocycles. The van der Waals surface area contributed by atoms with Crippen LogP contribution in [0.3, 0.4) is 0 Å². The maximum Gasteiger partial charge on any atom is 0.416 e. The highest BCUT2D eigenvalue weighted by Crippen LogP contribution is 2.27. The Morgan fingerprint density at radius 1 is 1.25 bits per heavy atom. The molecule has 0 aliphatic carbocycles. The maximum absolute atomic E-state index is 13.2. The smallest absolute Gasteiger partial charge is 0.416 e. The van der Waals surface area contributed by atoms with Gasteiger partial charge >= 0.3 is 18.2 Å². The van der Waals surface area contributed by atoms with E-state index >= 15 is 0 Å². The molecule has 0 bridgehead atoms. The first-order valence-corrected chi connectivity index (χ1v) is 10.2. The standard InChI is InChI=1S/C21H21F3N6O6/c1-20(2,3)36-19(34)30(10-21(22,23)24)14-7-11(5-6-25-14)17-27-13(9-35-17)16(31)26-12-8-29(4)28-15(12)18(32)33/h5-9H,10H2,1-4H3,(H,26,31)(H,32,33). The summed E-state index contributed by atoms with van der Waals surface area (Å²) in [5.74, 6) is -2.72. The summed E-state index contributed by atoms with van der Waals surface area (Å²) < 4.78 is 51.0. The van der Waals surface area contributed by atoms with E-state index in [1.807, 2.05) is 0 Å². The molecule has 0 aromatic carbocycles. The van der Waals surface area contributed by atoms with Gasteiger partial charge in [0.25, 0.3) is 5.91 Å². The zero-order valence-electron chi connectivity index (χ0n) is 19.5. The van der Waals surface area contributed by atoms with Crippen LogP contribution in [-0.2, 0) is 11.8 Å². The summed E-state index contributed by atoms with van der Waals surface area (Å²) in [6.07, 6.45) is -2.62. The van der Waals surface area contributed by atoms with Gasteiger partial charge in [-0.25, -0.2) is 19.6 Å². The van der Waals surface area contributed by atoms with Crippen molar-refractivity contribution in [3.63, 3.8) is 0 Å². The Kier molecular flexibility index (Phi) is 7.03. The first-order chi connectivity index (χ1) is 16.6. The lowest BCUT2D eigenvalue weighted by molar-refractivity contribution is -0.119. The number of pyridine rings is 1. The van der Waals surface area contributed by atoms with Crippen molar-refractivity contribution in [3.8, 4) is 11.5 Å². The molecule has 0 atom stereocenters. The minimum atomic E-state index is -4.75. The summed E-state index contributed by atoms with van der Waals surface area (Å²) in [5, 5.41) is 15.3. The fourth-order valence-corrected chi connectivity index (χ4v) is 2.87. The van der Waals surface area contributed by atoms with Crippen LogP contribution in [0.5, 0.6) is 0 Å². The lowest BCUT2D eigenvalue weighted by Crippen LogP contribution is -2.42. The third-order valence-electron chi connectivity index (χ3n) is 4.24. The zero-order valence-corrected chi connectivity index (χ0v) is 19.5. The molecule has 0 spiro atoms. The Morgan fingerprint density at radius 3 is 2.56 bits per heavy atom. The van der Waals surface area contributed by atoms with Gasteiger partial charge in [0.05, 0.1) is 5.69 Å². The van der Waals surface area contributed by atoms with Gasteiger partial charge in [-0.3, -0.25) is 14.4 Å². The number of aromatic nitrogens is 4. The molecule has 2 amide bonds. The predicted octanol–water partition coefficient (Wildman–Crippen LogP) is 3.72. The average Bonchev–Trinajstić information content (AvgIpc) is 3.37. The Labute approximate surface area is 201 Å². The molecule has 3 aromatic heterocycles. The van der Waals surface area contributed by atoms with Crippen molar-refractivity contribution in [2.75, 3.05) is 16.8 Å². The van der Waals surface area contributed by atoms with Crippen molar-refractivity contribution in [1.29, 1.82) is 0 Å². The molecule has 3 heterocycles. The zero-order chi connectivity index (χ0) is 26.8. The number of carbonyl (C=O) groups excluding carboxylic acids is 2. The van der Waals surface area contributed by atoms with Crippen molar-refractivity contribution >= 4 is 29.5 Å². The third-order valence-corrected chi connectivity index (χ3v) is 4.24. The van der Waals surface area contributed by atoms with Crippen molar-refractivity contribution in [2.45, 2.75) is 32.5 Å². The molecule has 36 heavy (non-hydrogen) atoms. The van der Waals surface area contributed by atoms with Gasteiger partial charge in [0.15, 0.2) is 11.4 Å². The molecule has 0 aliphatic rings. The van der Waals surface area contributed by atoms with E-state index < -0.39 is 36.3 Å². The van der Waals surface area contributed by atoms with E-state index in [2.05, 4.69) is 20.4 Å². The minimum absolute atomic E-state index is 0.0779. The summed E-state index contributed by atoms with van der Waals surface area (Å²) in [4.78, 5) is 44.4. The van der Waals surface area contributed by atoms with Crippen LogP contribution < -0.4 is 10.2 Å². The van der Waals surface area contributed by atoms with Crippen LogP contribution in [0.2, 0.25) is 0 Å². The number of ether oxygens (including phenoxy) is 1. The number of halogens is 3. The average molecular weight is 510 g/mol. The number of hydrogen-bond acceptors (Lipinski definition) is 8. The van der Waals surface area contributed by atoms with Gasteiger partial charge in [0, 0.05) is 25.0 Å². The fraction of sp³-hybridized carbons (Fsp3) is 0.333. The molecule has 15 heteroatoms. The molecular formula is C21H21F3N6O6. The van der Waals surface area contributed by atoms with Gasteiger partial charge in [0.2, 0.25) is 5.89 Å². The van der Waals surface area contributed by atoms with Crippen LogP contribution in [0.15, 0.2) is 35.2 Å². The highest BCUT2D eigenvalue weighted by Gasteiger charge is 2.36. The van der Waals surface area contributed by atoms with E-state index in [1.54, 1.807) is 0 Å². The lowest BCUT2D eigenvalue weighted by atomic mass is 10.2. The SMILES string of the molecule is Cn1cc(NC(=O)c2coc(-c3ccnc(N(CC(F)(F)F)C(=O)OC(C)(C)C)c3)n2)c(C(=O)O)n1. The second-order valence-electron chi connectivity index (χ2n) is 8.45. The predicted molar refractivity (Wildman–Crippen MR) is 117 cm³/mol. The quantitative estimate of drug-likeness (QED) is 0.505. The summed E-state index contributed by atoms with van der Waals surface area (Å²) in [7, 11) is 1.47. The highest BCUT2D eigenvalue weighted by atomic mass is 19.4. The Bertz CT molecular complexity index is 1290. The number of rotatable bonds is 6. The van der Waals surface area contributed by atoms with E-state index in [1.165, 1.54) is 44.8 Å². The van der Waals surface area contributed by atoms with E-state index in [9.17, 15) is 32.7 Å². The van der Waals surface area contributed by atoms with Crippen molar-refractivity contribution < 1.29 is 41.8 Å². The number of alkyl halides is 3. The first-order valence-electron chi connectivity index (χ1n) is 10.2. The van der Waals surface area contributed by atoms with E-state index in [4.69, 9.17) is 9.15 Å². The molecule has 12 nitrogen and oxygen atoms in total. The Balaban J connectivity index is 1.87. The summed E-state index contributed by atoms with van der Waals surface area (Å²) in [6.45, 7) is 2.86. The second kappa shape index (κ2) is 9.67. The van der Waals surface area contributed by atoms with Crippen LogP contribution in [-0.4, -0.2) is 61.1 Å². The molecule has 3 rings (SSSR count). The molecule has 2 N–H and O–H groups in total. The Morgan fingerprint density at radius 2 is 1.94 bits per heavy atom. The van der Waals surface area contributed by atoms with E-state index in [0.717, 1.165) is 18.5 Å². The third kappa shape index (κ3) is 6.58. The van der Waals surface area contributed by atoms with Gasteiger partial charge in [-0.1, -0.05) is 0 Å². The van der Waals surface area contributed by atoms with Crippen LogP contribution in [0.25, 0.3) is 11.5 Å². The fourth-order valence-electron chi connectivity index (χ4n) is 2.87. The number of carboxylic acids is 1. The number of oxazole rings is 1. The number of aryl methyl sites for hydroxylation is 1. The molecule has 0 unspecified atom stereocenters. The minimum Gasteiger partial charge on any atom is -0.476 e. The molecule has 0 aliphatic heterocycles. The Hall–Kier alpha value is -4.43. The molecule has 0 saturated heterocycles. The molecule has 0 radical (unpaired) electrons. The van der Waals surface area contributed by atoms with Gasteiger partial charge in [0.1, 0.15) is 24.2 Å². The van der Waals surface area contributed by atoms with E-state index in [0.29, 0.717) is 4.90 Å². The van der Waals surface area contributed by atoms with Crippen LogP contribution in [0.4, 0.5) is 29.5 Å². The maximum atomic E-state index is 13.2. The number of nitrogens with one attached hydrogen (secondary N) is 1. The summed E-state index contributed by atoms with van der Waals surface area (Å²) in [5.41, 5.74) is -1.66. The van der Waals surface area contributed by atoms with Gasteiger partial charge < -0.3 is 19.6 Å². The topological polar surface area (TPSA) is 153 Å². The van der Waals surface area contributed by atoms with Crippen LogP contribution >= 0.6 is 0 Å².